The molecule has 1 N–H and O–H groups in total. The Hall–Kier alpha value is -4.26. The first-order valence-electron chi connectivity index (χ1n) is 14.4. The zero-order valence-corrected chi connectivity index (χ0v) is 30.0. The van der Waals surface area contributed by atoms with Crippen LogP contribution in [0.25, 0.3) is 11.3 Å². The van der Waals surface area contributed by atoms with Crippen LogP contribution in [0.4, 0.5) is 22.7 Å². The molecule has 1 fully saturated rings. The molecule has 0 radical (unpaired) electrons. The number of halogens is 2. The average molecular weight is 810 g/mol. The quantitative estimate of drug-likeness (QED) is 0.123. The number of hydrogen-bond acceptors (Lipinski definition) is 10. The van der Waals surface area contributed by atoms with Gasteiger partial charge in [-0.2, -0.15) is 0 Å². The summed E-state index contributed by atoms with van der Waals surface area (Å²) < 4.78 is 47.6. The van der Waals surface area contributed by atoms with Gasteiger partial charge in [0.25, 0.3) is 33.3 Å². The first kappa shape index (κ1) is 35.1. The summed E-state index contributed by atoms with van der Waals surface area (Å²) in [7, 11) is -0.564. The lowest BCUT2D eigenvalue weighted by Crippen LogP contribution is -2.49. The van der Waals surface area contributed by atoms with E-state index in [9.17, 15) is 26.3 Å². The Balaban J connectivity index is 1.35. The van der Waals surface area contributed by atoms with Crippen LogP contribution >= 0.6 is 33.1 Å². The number of para-hydroxylation sites is 1. The highest BCUT2D eigenvalue weighted by molar-refractivity contribution is 14.1. The number of carbonyl (C=O) groups is 2. The third kappa shape index (κ3) is 7.25. The van der Waals surface area contributed by atoms with Crippen molar-refractivity contribution in [1.29, 1.82) is 0 Å². The second-order valence-electron chi connectivity index (χ2n) is 10.8. The van der Waals surface area contributed by atoms with Crippen LogP contribution in [0.1, 0.15) is 26.5 Å². The van der Waals surface area contributed by atoms with Gasteiger partial charge in [-0.25, -0.2) is 11.5 Å². The Kier molecular flexibility index (Phi) is 10.6. The van der Waals surface area contributed by atoms with Crippen molar-refractivity contribution in [2.45, 2.75) is 6.92 Å². The molecule has 254 valence electrons. The number of aromatic nitrogens is 1. The molecular weight excluding hydrogens is 779 g/mol. The number of benzene rings is 3. The smallest absolute Gasteiger partial charge is 0.262 e. The summed E-state index contributed by atoms with van der Waals surface area (Å²) in [6, 6.07) is 16.0. The van der Waals surface area contributed by atoms with Gasteiger partial charge in [-0.15, -0.1) is 0 Å². The Bertz CT molecular complexity index is 1970. The van der Waals surface area contributed by atoms with Gasteiger partial charge in [0.05, 0.1) is 41.1 Å². The van der Waals surface area contributed by atoms with Gasteiger partial charge in [-0.3, -0.25) is 13.9 Å². The van der Waals surface area contributed by atoms with Crippen molar-refractivity contribution < 1.29 is 30.3 Å². The Morgan fingerprint density at radius 2 is 1.75 bits per heavy atom. The van der Waals surface area contributed by atoms with E-state index in [1.54, 1.807) is 24.0 Å². The number of methoxy groups -OCH3 is 1. The molecule has 0 bridgehead atoms. The van der Waals surface area contributed by atoms with Crippen LogP contribution in [-0.2, 0) is 13.1 Å². The molecule has 2 heterocycles. The summed E-state index contributed by atoms with van der Waals surface area (Å²) in [5.74, 6) is 0.0977. The second-order valence-corrected chi connectivity index (χ2v) is 14.5. The summed E-state index contributed by atoms with van der Waals surface area (Å²) in [5, 5.41) is 19.6. The van der Waals surface area contributed by atoms with E-state index in [0.29, 0.717) is 65.9 Å². The van der Waals surface area contributed by atoms with Crippen LogP contribution in [-0.4, -0.2) is 76.9 Å². The lowest BCUT2D eigenvalue weighted by atomic mass is 10.0. The number of hydrogen-bond donors (Lipinski definition) is 1. The Labute approximate surface area is 292 Å². The summed E-state index contributed by atoms with van der Waals surface area (Å²) in [4.78, 5) is 30.6. The molecule has 48 heavy (non-hydrogen) atoms. The highest BCUT2D eigenvalue weighted by Gasteiger charge is 2.30. The number of carbonyl (C=O) groups excluding carboxylic acids is 2. The van der Waals surface area contributed by atoms with Crippen molar-refractivity contribution in [2.75, 3.05) is 64.4 Å². The molecule has 0 aliphatic carbocycles. The fourth-order valence-electron chi connectivity index (χ4n) is 5.24. The van der Waals surface area contributed by atoms with Crippen LogP contribution in [0.3, 0.4) is 0 Å². The topological polar surface area (TPSA) is 169 Å². The number of nitrogens with one attached hydrogen (secondary N) is 1. The van der Waals surface area contributed by atoms with Gasteiger partial charge in [0.15, 0.2) is 0 Å². The standard InChI is InChI=1S/C31H31ClIN6O8S/c1-19-28(29(35-47-19)22-7-5-6-8-27(22)46-3)31(41)38-15-13-37(14-16-38)25-18-24(26(17-23(25)32)39(43)33-42)34-30(40)20-9-11-21(12-10-20)36(2)48(4,44)45/h5-12,17-18H,13-16H2,1-4H3,(H,34,40)/q-1. The highest BCUT2D eigenvalue weighted by atomic mass is 127. The van der Waals surface area contributed by atoms with Crippen molar-refractivity contribution in [2.24, 2.45) is 0 Å². The molecule has 0 spiro atoms. The number of amides is 2. The van der Waals surface area contributed by atoms with Crippen molar-refractivity contribution in [3.63, 3.8) is 0 Å². The van der Waals surface area contributed by atoms with Crippen molar-refractivity contribution in [3.8, 4) is 17.0 Å². The fraction of sp³-hybridized carbons (Fsp3) is 0.258. The predicted molar refractivity (Wildman–Crippen MR) is 191 cm³/mol. The molecule has 17 heteroatoms. The molecule has 14 nitrogen and oxygen atoms in total. The molecule has 2 amide bonds. The van der Waals surface area contributed by atoms with Gasteiger partial charge in [0.1, 0.15) is 22.8 Å². The largest absolute Gasteiger partial charge is 0.747 e. The summed E-state index contributed by atoms with van der Waals surface area (Å²) in [6.07, 6.45) is 1.07. The summed E-state index contributed by atoms with van der Waals surface area (Å²) in [6.45, 7) is 3.07. The first-order chi connectivity index (χ1) is 22.8. The monoisotopic (exact) mass is 809 g/mol. The van der Waals surface area contributed by atoms with Gasteiger partial charge in [0, 0.05) is 44.4 Å². The Morgan fingerprint density at radius 1 is 1.08 bits per heavy atom. The normalized spacial score (nSPS) is 13.3. The van der Waals surface area contributed by atoms with Crippen LogP contribution in [0.5, 0.6) is 5.75 Å². The van der Waals surface area contributed by atoms with Crippen molar-refractivity contribution in [3.05, 3.63) is 87.8 Å². The first-order valence-corrected chi connectivity index (χ1v) is 18.5. The number of anilines is 4. The molecule has 0 unspecified atom stereocenters. The molecule has 0 saturated carbocycles. The SMILES string of the molecule is COc1ccccc1-c1noc(C)c1C(=O)N1CCN(c2cc(NC(=O)c3ccc(N(C)S(C)(=O)=O)cc3)c(N([O-])I=O)cc2Cl)CC1. The minimum absolute atomic E-state index is 0.0750. The van der Waals surface area contributed by atoms with Crippen LogP contribution in [0.2, 0.25) is 5.02 Å². The van der Waals surface area contributed by atoms with Crippen LogP contribution in [0.15, 0.2) is 65.2 Å². The van der Waals surface area contributed by atoms with Crippen LogP contribution in [0, 0.1) is 12.1 Å². The Morgan fingerprint density at radius 3 is 2.38 bits per heavy atom. The van der Waals surface area contributed by atoms with Gasteiger partial charge in [-0.1, -0.05) is 28.9 Å². The molecular formula is C31H31ClIN6O8S-. The number of rotatable bonds is 10. The van der Waals surface area contributed by atoms with E-state index in [1.165, 1.54) is 50.6 Å². The molecule has 1 aromatic heterocycles. The van der Waals surface area contributed by atoms with E-state index in [2.05, 4.69) is 10.5 Å². The van der Waals surface area contributed by atoms with E-state index >= 15 is 0 Å². The maximum atomic E-state index is 13.7. The maximum Gasteiger partial charge on any atom is 0.262 e. The zero-order chi connectivity index (χ0) is 34.7. The summed E-state index contributed by atoms with van der Waals surface area (Å²) >= 11 is 4.44. The van der Waals surface area contributed by atoms with Gasteiger partial charge < -0.3 is 32.9 Å². The molecule has 0 atom stereocenters. The van der Waals surface area contributed by atoms with E-state index in [-0.39, 0.29) is 31.1 Å². The lowest BCUT2D eigenvalue weighted by molar-refractivity contribution is 0.0745. The van der Waals surface area contributed by atoms with Gasteiger partial charge in [0.2, 0.25) is 10.0 Å². The maximum absolute atomic E-state index is 13.7. The zero-order valence-electron chi connectivity index (χ0n) is 26.3. The number of aryl methyl sites for hydroxylation is 1. The molecule has 1 aliphatic heterocycles. The average Bonchev–Trinajstić information content (AvgIpc) is 3.48. The van der Waals surface area contributed by atoms with Gasteiger partial charge in [-0.05, 0) is 55.5 Å². The number of ether oxygens (including phenoxy) is 1. The minimum atomic E-state index is -3.50. The summed E-state index contributed by atoms with van der Waals surface area (Å²) in [5.41, 5.74) is 2.42. The molecule has 1 saturated heterocycles. The minimum Gasteiger partial charge on any atom is -0.747 e. The molecule has 4 aromatic rings. The number of sulfonamides is 1. The van der Waals surface area contributed by atoms with E-state index < -0.39 is 37.4 Å². The van der Waals surface area contributed by atoms with Crippen molar-refractivity contribution >= 4 is 77.7 Å². The third-order valence-electron chi connectivity index (χ3n) is 7.90. The third-order valence-corrected chi connectivity index (χ3v) is 10.3. The van der Waals surface area contributed by atoms with E-state index in [0.717, 1.165) is 10.6 Å². The van der Waals surface area contributed by atoms with Gasteiger partial charge >= 0.3 is 0 Å². The van der Waals surface area contributed by atoms with E-state index in [4.69, 9.17) is 20.9 Å². The second kappa shape index (κ2) is 14.5. The molecule has 5 rings (SSSR count). The number of piperazine rings is 1. The lowest BCUT2D eigenvalue weighted by Gasteiger charge is -2.37. The predicted octanol–water partition coefficient (Wildman–Crippen LogP) is 5.46. The highest BCUT2D eigenvalue weighted by Crippen LogP contribution is 2.40. The van der Waals surface area contributed by atoms with E-state index in [1.807, 2.05) is 17.0 Å². The van der Waals surface area contributed by atoms with Crippen molar-refractivity contribution in [1.82, 2.24) is 10.1 Å². The number of nitrogens with zero attached hydrogens (tertiary/aromatic N) is 5. The van der Waals surface area contributed by atoms with Crippen LogP contribution < -0.4 is 22.5 Å². The molecule has 3 aromatic carbocycles. The fourth-order valence-corrected chi connectivity index (χ4v) is 6.64. The molecule has 1 aliphatic rings.